The molecule has 0 unspecified atom stereocenters. The monoisotopic (exact) mass is 236 g/mol. The lowest BCUT2D eigenvalue weighted by atomic mass is 10.1. The van der Waals surface area contributed by atoms with Gasteiger partial charge in [-0.15, -0.1) is 0 Å². The van der Waals surface area contributed by atoms with E-state index in [9.17, 15) is 9.59 Å². The molecule has 1 aromatic carbocycles. The Morgan fingerprint density at radius 1 is 1.00 bits per heavy atom. The first kappa shape index (κ1) is 11.4. The van der Waals surface area contributed by atoms with Crippen molar-refractivity contribution in [2.75, 3.05) is 21.3 Å². The molecule has 0 aliphatic heterocycles. The van der Waals surface area contributed by atoms with Gasteiger partial charge in [0, 0.05) is 6.42 Å². The van der Waals surface area contributed by atoms with Crippen LogP contribution >= 0.6 is 0 Å². The number of hydrogen-bond acceptors (Lipinski definition) is 5. The van der Waals surface area contributed by atoms with Crippen LogP contribution in [0, 0.1) is 0 Å². The zero-order valence-electron chi connectivity index (χ0n) is 9.83. The van der Waals surface area contributed by atoms with Crippen molar-refractivity contribution >= 4 is 11.6 Å². The first-order valence-electron chi connectivity index (χ1n) is 5.03. The summed E-state index contributed by atoms with van der Waals surface area (Å²) >= 11 is 0. The van der Waals surface area contributed by atoms with Gasteiger partial charge in [0.15, 0.2) is 11.5 Å². The average molecular weight is 236 g/mol. The third-order valence-electron chi connectivity index (χ3n) is 2.74. The molecule has 0 amide bonds. The Kier molecular flexibility index (Phi) is 2.75. The standard InChI is InChI=1S/C12H12O5/c1-15-8-5-6-4-7(13)10(14)9(6)12(17-3)11(8)16-2/h5H,4H2,1-3H3. The van der Waals surface area contributed by atoms with Crippen LogP contribution in [-0.4, -0.2) is 32.9 Å². The molecule has 0 N–H and O–H groups in total. The molecule has 0 saturated heterocycles. The van der Waals surface area contributed by atoms with Crippen LogP contribution in [0.5, 0.6) is 17.2 Å². The fourth-order valence-electron chi connectivity index (χ4n) is 1.99. The summed E-state index contributed by atoms with van der Waals surface area (Å²) in [4.78, 5) is 23.1. The highest BCUT2D eigenvalue weighted by atomic mass is 16.5. The van der Waals surface area contributed by atoms with E-state index in [1.165, 1.54) is 21.3 Å². The van der Waals surface area contributed by atoms with Crippen molar-refractivity contribution < 1.29 is 23.8 Å². The van der Waals surface area contributed by atoms with Crippen molar-refractivity contribution in [1.82, 2.24) is 0 Å². The Balaban J connectivity index is 2.74. The number of carbonyl (C=O) groups excluding carboxylic acids is 2. The molecule has 0 heterocycles. The van der Waals surface area contributed by atoms with Gasteiger partial charge in [0.25, 0.3) is 0 Å². The summed E-state index contributed by atoms with van der Waals surface area (Å²) in [5, 5.41) is 0. The second kappa shape index (κ2) is 4.08. The van der Waals surface area contributed by atoms with E-state index < -0.39 is 11.6 Å². The lowest BCUT2D eigenvalue weighted by Crippen LogP contribution is -2.07. The van der Waals surface area contributed by atoms with Gasteiger partial charge in [0.05, 0.1) is 26.9 Å². The van der Waals surface area contributed by atoms with Crippen LogP contribution in [-0.2, 0) is 11.2 Å². The predicted octanol–water partition coefficient (Wildman–Crippen LogP) is 1.02. The van der Waals surface area contributed by atoms with Gasteiger partial charge in [0.1, 0.15) is 0 Å². The van der Waals surface area contributed by atoms with Gasteiger partial charge in [-0.2, -0.15) is 0 Å². The van der Waals surface area contributed by atoms with Gasteiger partial charge >= 0.3 is 0 Å². The van der Waals surface area contributed by atoms with E-state index >= 15 is 0 Å². The van der Waals surface area contributed by atoms with Crippen LogP contribution < -0.4 is 14.2 Å². The molecule has 0 saturated carbocycles. The number of fused-ring (bicyclic) bond motifs is 1. The third-order valence-corrected chi connectivity index (χ3v) is 2.74. The molecule has 5 heteroatoms. The molecule has 1 aliphatic carbocycles. The van der Waals surface area contributed by atoms with Gasteiger partial charge < -0.3 is 14.2 Å². The molecule has 90 valence electrons. The summed E-state index contributed by atoms with van der Waals surface area (Å²) < 4.78 is 15.5. The van der Waals surface area contributed by atoms with Crippen LogP contribution in [0.2, 0.25) is 0 Å². The normalized spacial score (nSPS) is 13.6. The van der Waals surface area contributed by atoms with E-state index in [0.717, 1.165) is 0 Å². The second-order valence-corrected chi connectivity index (χ2v) is 3.61. The first-order chi connectivity index (χ1) is 8.13. The van der Waals surface area contributed by atoms with E-state index in [4.69, 9.17) is 14.2 Å². The lowest BCUT2D eigenvalue weighted by molar-refractivity contribution is -0.114. The molecule has 17 heavy (non-hydrogen) atoms. The Hall–Kier alpha value is -2.04. The van der Waals surface area contributed by atoms with Crippen molar-refractivity contribution in [2.45, 2.75) is 6.42 Å². The Morgan fingerprint density at radius 3 is 2.18 bits per heavy atom. The van der Waals surface area contributed by atoms with Crippen molar-refractivity contribution in [3.8, 4) is 17.2 Å². The molecule has 0 radical (unpaired) electrons. The fourth-order valence-corrected chi connectivity index (χ4v) is 1.99. The van der Waals surface area contributed by atoms with E-state index in [0.29, 0.717) is 17.1 Å². The molecule has 2 rings (SSSR count). The number of methoxy groups -OCH3 is 3. The lowest BCUT2D eigenvalue weighted by Gasteiger charge is -2.14. The number of benzene rings is 1. The van der Waals surface area contributed by atoms with Gasteiger partial charge in [-0.3, -0.25) is 9.59 Å². The van der Waals surface area contributed by atoms with Gasteiger partial charge in [-0.25, -0.2) is 0 Å². The van der Waals surface area contributed by atoms with Crippen LogP contribution in [0.4, 0.5) is 0 Å². The average Bonchev–Trinajstić information content (AvgIpc) is 2.62. The third kappa shape index (κ3) is 1.54. The van der Waals surface area contributed by atoms with Crippen LogP contribution in [0.15, 0.2) is 6.07 Å². The number of ether oxygens (including phenoxy) is 3. The largest absolute Gasteiger partial charge is 0.493 e. The summed E-state index contributed by atoms with van der Waals surface area (Å²) in [5.74, 6) is 0.0755. The Bertz CT molecular complexity index is 504. The van der Waals surface area contributed by atoms with Crippen molar-refractivity contribution in [3.05, 3.63) is 17.2 Å². The first-order valence-corrected chi connectivity index (χ1v) is 5.03. The smallest absolute Gasteiger partial charge is 0.233 e. The number of hydrogen-bond donors (Lipinski definition) is 0. The van der Waals surface area contributed by atoms with E-state index in [-0.39, 0.29) is 17.7 Å². The van der Waals surface area contributed by atoms with Crippen LogP contribution in [0.1, 0.15) is 15.9 Å². The van der Waals surface area contributed by atoms with Gasteiger partial charge in [-0.05, 0) is 11.6 Å². The highest BCUT2D eigenvalue weighted by Crippen LogP contribution is 2.44. The van der Waals surface area contributed by atoms with Crippen LogP contribution in [0.25, 0.3) is 0 Å². The minimum atomic E-state index is -0.530. The summed E-state index contributed by atoms with van der Waals surface area (Å²) in [6, 6.07) is 1.64. The molecule has 0 spiro atoms. The molecule has 1 aromatic rings. The minimum absolute atomic E-state index is 0.0882. The molecule has 0 fully saturated rings. The van der Waals surface area contributed by atoms with E-state index in [2.05, 4.69) is 0 Å². The SMILES string of the molecule is COc1cc2c(c(OC)c1OC)C(=O)C(=O)C2. The summed E-state index contributed by atoms with van der Waals surface area (Å²) in [6.07, 6.45) is 0.0882. The zero-order chi connectivity index (χ0) is 12.6. The van der Waals surface area contributed by atoms with Gasteiger partial charge in [0.2, 0.25) is 17.3 Å². The molecule has 0 bridgehead atoms. The van der Waals surface area contributed by atoms with E-state index in [1.54, 1.807) is 6.07 Å². The maximum Gasteiger partial charge on any atom is 0.233 e. The zero-order valence-corrected chi connectivity index (χ0v) is 9.83. The number of rotatable bonds is 3. The minimum Gasteiger partial charge on any atom is -0.493 e. The maximum absolute atomic E-state index is 11.7. The topological polar surface area (TPSA) is 61.8 Å². The molecule has 1 aliphatic rings. The van der Waals surface area contributed by atoms with Crippen molar-refractivity contribution in [2.24, 2.45) is 0 Å². The molecular formula is C12H12O5. The Labute approximate surface area is 98.3 Å². The molecule has 5 nitrogen and oxygen atoms in total. The highest BCUT2D eigenvalue weighted by molar-refractivity contribution is 6.48. The quantitative estimate of drug-likeness (QED) is 0.733. The highest BCUT2D eigenvalue weighted by Gasteiger charge is 2.35. The summed E-state index contributed by atoms with van der Waals surface area (Å²) in [6.45, 7) is 0. The molecular weight excluding hydrogens is 224 g/mol. The number of ketones is 2. The summed E-state index contributed by atoms with van der Waals surface area (Å²) in [5.41, 5.74) is 0.907. The molecule has 0 atom stereocenters. The predicted molar refractivity (Wildman–Crippen MR) is 59.1 cm³/mol. The second-order valence-electron chi connectivity index (χ2n) is 3.61. The number of Topliss-reactive ketones (excluding diaryl/α,β-unsaturated/α-hetero) is 2. The van der Waals surface area contributed by atoms with Crippen LogP contribution in [0.3, 0.4) is 0 Å². The fraction of sp³-hybridized carbons (Fsp3) is 0.333. The number of carbonyl (C=O) groups is 2. The maximum atomic E-state index is 11.7. The van der Waals surface area contributed by atoms with Crippen molar-refractivity contribution in [3.63, 3.8) is 0 Å². The summed E-state index contributed by atoms with van der Waals surface area (Å²) in [7, 11) is 4.37. The van der Waals surface area contributed by atoms with E-state index in [1.807, 2.05) is 0 Å². The van der Waals surface area contributed by atoms with Crippen molar-refractivity contribution in [1.29, 1.82) is 0 Å². The molecule has 0 aromatic heterocycles. The van der Waals surface area contributed by atoms with Gasteiger partial charge in [-0.1, -0.05) is 0 Å². The Morgan fingerprint density at radius 2 is 1.65 bits per heavy atom.